The maximum absolute atomic E-state index is 5.05. The van der Waals surface area contributed by atoms with Crippen molar-refractivity contribution in [3.8, 4) is 0 Å². The summed E-state index contributed by atoms with van der Waals surface area (Å²) in [6.45, 7) is 1.43. The van der Waals surface area contributed by atoms with Crippen molar-refractivity contribution in [2.75, 3.05) is 27.4 Å². The van der Waals surface area contributed by atoms with Gasteiger partial charge in [0.2, 0.25) is 5.91 Å². The lowest BCUT2D eigenvalue weighted by molar-refractivity contribution is -0.207. The van der Waals surface area contributed by atoms with Gasteiger partial charge < -0.3 is 9.47 Å². The summed E-state index contributed by atoms with van der Waals surface area (Å²) in [6, 6.07) is 0. The number of ether oxygens (including phenoxy) is 2. The van der Waals surface area contributed by atoms with E-state index in [0.29, 0.717) is 6.54 Å². The molecule has 1 fully saturated rings. The van der Waals surface area contributed by atoms with Crippen LogP contribution in [0.4, 0.5) is 0 Å². The van der Waals surface area contributed by atoms with Crippen LogP contribution in [0, 0.1) is 0 Å². The fourth-order valence-corrected chi connectivity index (χ4v) is 0.859. The zero-order valence-corrected chi connectivity index (χ0v) is 5.73. The summed E-state index contributed by atoms with van der Waals surface area (Å²) in [5, 5.41) is 6.07. The van der Waals surface area contributed by atoms with Crippen LogP contribution < -0.4 is 10.6 Å². The van der Waals surface area contributed by atoms with Crippen LogP contribution in [0.3, 0.4) is 0 Å². The topological polar surface area (TPSA) is 42.5 Å². The van der Waals surface area contributed by atoms with Crippen LogP contribution in [0.2, 0.25) is 0 Å². The molecule has 1 saturated heterocycles. The molecule has 1 heterocycles. The van der Waals surface area contributed by atoms with Crippen LogP contribution in [0.15, 0.2) is 0 Å². The molecule has 1 aliphatic rings. The van der Waals surface area contributed by atoms with E-state index in [1.54, 1.807) is 14.2 Å². The Kier molecular flexibility index (Phi) is 2.02. The molecule has 54 valence electrons. The van der Waals surface area contributed by atoms with Crippen molar-refractivity contribution in [3.05, 3.63) is 0 Å². The molecule has 0 radical (unpaired) electrons. The Hall–Kier alpha value is -0.160. The Morgan fingerprint density at radius 3 is 2.22 bits per heavy atom. The fraction of sp³-hybridized carbons (Fsp3) is 1.00. The summed E-state index contributed by atoms with van der Waals surface area (Å²) in [4.78, 5) is 0. The van der Waals surface area contributed by atoms with Crippen molar-refractivity contribution in [2.45, 2.75) is 5.91 Å². The first-order chi connectivity index (χ1) is 4.33. The Bertz CT molecular complexity index is 85.0. The summed E-state index contributed by atoms with van der Waals surface area (Å²) >= 11 is 0. The number of methoxy groups -OCH3 is 2. The predicted molar refractivity (Wildman–Crippen MR) is 32.8 cm³/mol. The van der Waals surface area contributed by atoms with E-state index < -0.39 is 5.91 Å². The van der Waals surface area contributed by atoms with Gasteiger partial charge in [0, 0.05) is 14.2 Å². The fourth-order valence-electron chi connectivity index (χ4n) is 0.859. The molecule has 4 heteroatoms. The van der Waals surface area contributed by atoms with Gasteiger partial charge in [0.25, 0.3) is 0 Å². The molecule has 1 rings (SSSR count). The third-order valence-electron chi connectivity index (χ3n) is 1.50. The van der Waals surface area contributed by atoms with Gasteiger partial charge in [-0.1, -0.05) is 0 Å². The monoisotopic (exact) mass is 132 g/mol. The van der Waals surface area contributed by atoms with Gasteiger partial charge >= 0.3 is 0 Å². The summed E-state index contributed by atoms with van der Waals surface area (Å²) in [5.41, 5.74) is 0. The van der Waals surface area contributed by atoms with E-state index in [4.69, 9.17) is 9.47 Å². The minimum atomic E-state index is -0.583. The molecule has 2 N–H and O–H groups in total. The van der Waals surface area contributed by atoms with Crippen LogP contribution in [0.1, 0.15) is 0 Å². The lowest BCUT2D eigenvalue weighted by Gasteiger charge is -2.24. The van der Waals surface area contributed by atoms with Gasteiger partial charge in [-0.2, -0.15) is 0 Å². The highest BCUT2D eigenvalue weighted by Gasteiger charge is 2.32. The lowest BCUT2D eigenvalue weighted by Crippen LogP contribution is -2.46. The number of nitrogens with one attached hydrogen (secondary N) is 2. The Morgan fingerprint density at radius 1 is 1.33 bits per heavy atom. The molecule has 0 unspecified atom stereocenters. The minimum Gasteiger partial charge on any atom is -0.340 e. The van der Waals surface area contributed by atoms with E-state index >= 15 is 0 Å². The maximum atomic E-state index is 5.05. The predicted octanol–water partition coefficient (Wildman–Crippen LogP) is -0.917. The first-order valence-electron chi connectivity index (χ1n) is 2.89. The molecular weight excluding hydrogens is 120 g/mol. The van der Waals surface area contributed by atoms with Gasteiger partial charge in [-0.25, -0.2) is 0 Å². The molecule has 0 atom stereocenters. The molecule has 0 saturated carbocycles. The van der Waals surface area contributed by atoms with E-state index in [-0.39, 0.29) is 0 Å². The van der Waals surface area contributed by atoms with Crippen molar-refractivity contribution in [1.82, 2.24) is 10.6 Å². The third-order valence-corrected chi connectivity index (χ3v) is 1.50. The van der Waals surface area contributed by atoms with Crippen molar-refractivity contribution in [1.29, 1.82) is 0 Å². The van der Waals surface area contributed by atoms with Crippen LogP contribution in [-0.4, -0.2) is 33.3 Å². The summed E-state index contributed by atoms with van der Waals surface area (Å²) in [5.74, 6) is -0.583. The van der Waals surface area contributed by atoms with E-state index in [1.807, 2.05) is 0 Å². The molecule has 9 heavy (non-hydrogen) atoms. The average molecular weight is 132 g/mol. The molecule has 0 aliphatic carbocycles. The second-order valence-electron chi connectivity index (χ2n) is 1.94. The largest absolute Gasteiger partial charge is 0.340 e. The Labute approximate surface area is 54.5 Å². The highest BCUT2D eigenvalue weighted by atomic mass is 16.7. The van der Waals surface area contributed by atoms with Crippen molar-refractivity contribution >= 4 is 0 Å². The van der Waals surface area contributed by atoms with Crippen LogP contribution >= 0.6 is 0 Å². The summed E-state index contributed by atoms with van der Waals surface area (Å²) in [6.07, 6.45) is 0. The van der Waals surface area contributed by atoms with E-state index in [0.717, 1.165) is 6.67 Å². The molecule has 0 aromatic rings. The zero-order chi connectivity index (χ0) is 6.74. The van der Waals surface area contributed by atoms with Crippen LogP contribution in [-0.2, 0) is 9.47 Å². The molecule has 0 spiro atoms. The van der Waals surface area contributed by atoms with Crippen molar-refractivity contribution in [3.63, 3.8) is 0 Å². The summed E-state index contributed by atoms with van der Waals surface area (Å²) in [7, 11) is 3.23. The highest BCUT2D eigenvalue weighted by Crippen LogP contribution is 2.07. The van der Waals surface area contributed by atoms with Gasteiger partial charge in [0.05, 0.1) is 13.2 Å². The van der Waals surface area contributed by atoms with Gasteiger partial charge in [-0.15, -0.1) is 0 Å². The van der Waals surface area contributed by atoms with Crippen molar-refractivity contribution < 1.29 is 9.47 Å². The first-order valence-corrected chi connectivity index (χ1v) is 2.89. The normalized spacial score (nSPS) is 24.7. The molecule has 0 amide bonds. The van der Waals surface area contributed by atoms with Crippen LogP contribution in [0.25, 0.3) is 0 Å². The molecule has 0 bridgehead atoms. The first kappa shape index (κ1) is 6.95. The highest BCUT2D eigenvalue weighted by molar-refractivity contribution is 4.74. The van der Waals surface area contributed by atoms with Gasteiger partial charge in [0.1, 0.15) is 0 Å². The Balaban J connectivity index is 2.45. The molecule has 4 nitrogen and oxygen atoms in total. The number of rotatable bonds is 2. The molecular formula is C5H12N2O2. The van der Waals surface area contributed by atoms with Gasteiger partial charge in [0.15, 0.2) is 0 Å². The third kappa shape index (κ3) is 1.21. The maximum Gasteiger partial charge on any atom is 0.241 e. The number of hydrogen-bond acceptors (Lipinski definition) is 4. The standard InChI is InChI=1S/C5H12N2O2/c1-8-5(9-2)3-6-4-7-5/h6-7H,3-4H2,1-2H3. The molecule has 0 aromatic heterocycles. The van der Waals surface area contributed by atoms with Crippen LogP contribution in [0.5, 0.6) is 0 Å². The molecule has 0 aromatic carbocycles. The van der Waals surface area contributed by atoms with Gasteiger partial charge in [-0.3, -0.25) is 10.6 Å². The average Bonchev–Trinajstić information content (AvgIpc) is 2.36. The minimum absolute atomic E-state index is 0.583. The van der Waals surface area contributed by atoms with Crippen molar-refractivity contribution in [2.24, 2.45) is 0 Å². The van der Waals surface area contributed by atoms with E-state index in [2.05, 4.69) is 10.6 Å². The Morgan fingerprint density at radius 2 is 2.00 bits per heavy atom. The lowest BCUT2D eigenvalue weighted by atomic mass is 10.5. The molecule has 1 aliphatic heterocycles. The second kappa shape index (κ2) is 2.62. The second-order valence-corrected chi connectivity index (χ2v) is 1.94. The number of hydrogen-bond donors (Lipinski definition) is 2. The van der Waals surface area contributed by atoms with E-state index in [9.17, 15) is 0 Å². The van der Waals surface area contributed by atoms with Gasteiger partial charge in [-0.05, 0) is 0 Å². The zero-order valence-electron chi connectivity index (χ0n) is 5.73. The van der Waals surface area contributed by atoms with E-state index in [1.165, 1.54) is 0 Å². The smallest absolute Gasteiger partial charge is 0.241 e. The quantitative estimate of drug-likeness (QED) is 0.477. The SMILES string of the molecule is COC1(OC)CNCN1. The summed E-state index contributed by atoms with van der Waals surface area (Å²) < 4.78 is 10.1.